The fourth-order valence-corrected chi connectivity index (χ4v) is 3.02. The lowest BCUT2D eigenvalue weighted by Crippen LogP contribution is -2.37. The molecule has 0 unspecified atom stereocenters. The minimum atomic E-state index is 0.660. The number of ether oxygens (including phenoxy) is 1. The fourth-order valence-electron chi connectivity index (χ4n) is 3.02. The van der Waals surface area contributed by atoms with Gasteiger partial charge in [0, 0.05) is 31.9 Å². The first-order valence-corrected chi connectivity index (χ1v) is 8.52. The second-order valence-electron chi connectivity index (χ2n) is 6.32. The van der Waals surface area contributed by atoms with Crippen LogP contribution in [0.5, 0.6) is 0 Å². The Labute approximate surface area is 146 Å². The van der Waals surface area contributed by atoms with E-state index in [1.165, 1.54) is 0 Å². The molecule has 1 fully saturated rings. The van der Waals surface area contributed by atoms with Crippen LogP contribution < -0.4 is 9.80 Å². The molecule has 0 saturated carbocycles. The molecule has 130 valence electrons. The monoisotopic (exact) mass is 338 g/mol. The first-order chi connectivity index (χ1) is 12.2. The lowest BCUT2D eigenvalue weighted by molar-refractivity contribution is 0.122. The summed E-state index contributed by atoms with van der Waals surface area (Å²) in [6.45, 7) is 5.77. The van der Waals surface area contributed by atoms with Crippen molar-refractivity contribution in [1.82, 2.24) is 19.9 Å². The summed E-state index contributed by atoms with van der Waals surface area (Å²) in [4.78, 5) is 21.6. The smallest absolute Gasteiger partial charge is 0.227 e. The second kappa shape index (κ2) is 6.68. The predicted molar refractivity (Wildman–Crippen MR) is 98.0 cm³/mol. The maximum atomic E-state index is 5.42. The molecule has 7 nitrogen and oxygen atoms in total. The van der Waals surface area contributed by atoms with Crippen LogP contribution >= 0.6 is 0 Å². The van der Waals surface area contributed by atoms with E-state index in [2.05, 4.69) is 24.8 Å². The van der Waals surface area contributed by atoms with E-state index in [-0.39, 0.29) is 0 Å². The normalized spacial score (nSPS) is 14.9. The number of para-hydroxylation sites is 2. The predicted octanol–water partition coefficient (Wildman–Crippen LogP) is 2.13. The maximum absolute atomic E-state index is 5.42. The molecule has 2 aromatic heterocycles. The van der Waals surface area contributed by atoms with E-state index in [1.54, 1.807) is 0 Å². The van der Waals surface area contributed by atoms with E-state index in [1.807, 2.05) is 44.3 Å². The van der Waals surface area contributed by atoms with Gasteiger partial charge >= 0.3 is 0 Å². The zero-order valence-electron chi connectivity index (χ0n) is 14.6. The van der Waals surface area contributed by atoms with Crippen molar-refractivity contribution < 1.29 is 4.74 Å². The summed E-state index contributed by atoms with van der Waals surface area (Å²) < 4.78 is 5.42. The largest absolute Gasteiger partial charge is 0.378 e. The summed E-state index contributed by atoms with van der Waals surface area (Å²) in [6, 6.07) is 10.1. The minimum absolute atomic E-state index is 0.660. The Balaban J connectivity index is 1.56. The number of hydrogen-bond acceptors (Lipinski definition) is 6. The van der Waals surface area contributed by atoms with Gasteiger partial charge in [-0.1, -0.05) is 12.1 Å². The van der Waals surface area contributed by atoms with Crippen molar-refractivity contribution in [2.75, 3.05) is 43.2 Å². The third kappa shape index (κ3) is 3.41. The van der Waals surface area contributed by atoms with Gasteiger partial charge in [-0.25, -0.2) is 9.97 Å². The summed E-state index contributed by atoms with van der Waals surface area (Å²) in [5, 5.41) is 0. The van der Waals surface area contributed by atoms with Crippen LogP contribution in [0.25, 0.3) is 11.0 Å². The molecule has 1 aliphatic rings. The van der Waals surface area contributed by atoms with Crippen molar-refractivity contribution in [2.24, 2.45) is 0 Å². The van der Waals surface area contributed by atoms with Gasteiger partial charge in [0.25, 0.3) is 0 Å². The number of H-pyrrole nitrogens is 1. The average Bonchev–Trinajstić information content (AvgIpc) is 3.04. The molecule has 0 atom stereocenters. The number of nitrogens with one attached hydrogen (secondary N) is 1. The molecule has 4 rings (SSSR count). The molecule has 1 aromatic carbocycles. The first-order valence-electron chi connectivity index (χ1n) is 8.52. The molecule has 0 amide bonds. The molecule has 0 bridgehead atoms. The zero-order chi connectivity index (χ0) is 17.2. The highest BCUT2D eigenvalue weighted by atomic mass is 16.5. The summed E-state index contributed by atoms with van der Waals surface area (Å²) in [5.74, 6) is 2.59. The van der Waals surface area contributed by atoms with Gasteiger partial charge in [0.15, 0.2) is 0 Å². The van der Waals surface area contributed by atoms with E-state index < -0.39 is 0 Å². The lowest BCUT2D eigenvalue weighted by atomic mass is 10.3. The SMILES string of the molecule is Cc1cc(N(C)Cc2nc3ccccc3[nH]2)nc(N2CCOCC2)n1. The van der Waals surface area contributed by atoms with Gasteiger partial charge in [-0.15, -0.1) is 0 Å². The molecule has 3 aromatic rings. The number of anilines is 2. The van der Waals surface area contributed by atoms with Gasteiger partial charge in [0.1, 0.15) is 11.6 Å². The topological polar surface area (TPSA) is 70.2 Å². The average molecular weight is 338 g/mol. The van der Waals surface area contributed by atoms with E-state index in [4.69, 9.17) is 9.72 Å². The number of benzene rings is 1. The number of aromatic nitrogens is 4. The van der Waals surface area contributed by atoms with Crippen LogP contribution in [-0.2, 0) is 11.3 Å². The van der Waals surface area contributed by atoms with Crippen molar-refractivity contribution in [3.63, 3.8) is 0 Å². The number of morpholine rings is 1. The zero-order valence-corrected chi connectivity index (χ0v) is 14.6. The third-order valence-electron chi connectivity index (χ3n) is 4.34. The quantitative estimate of drug-likeness (QED) is 0.786. The Hall–Kier alpha value is -2.67. The number of nitrogens with zero attached hydrogens (tertiary/aromatic N) is 5. The van der Waals surface area contributed by atoms with Crippen LogP contribution in [0.1, 0.15) is 11.5 Å². The molecule has 1 aliphatic heterocycles. The summed E-state index contributed by atoms with van der Waals surface area (Å²) in [6.07, 6.45) is 0. The Bertz CT molecular complexity index is 838. The molecular formula is C18H22N6O. The highest BCUT2D eigenvalue weighted by Crippen LogP contribution is 2.19. The van der Waals surface area contributed by atoms with Crippen molar-refractivity contribution in [3.05, 3.63) is 41.9 Å². The number of imidazole rings is 1. The van der Waals surface area contributed by atoms with Crippen molar-refractivity contribution >= 4 is 22.8 Å². The third-order valence-corrected chi connectivity index (χ3v) is 4.34. The Morgan fingerprint density at radius 3 is 2.76 bits per heavy atom. The van der Waals surface area contributed by atoms with Crippen LogP contribution in [-0.4, -0.2) is 53.3 Å². The van der Waals surface area contributed by atoms with Crippen LogP contribution in [0.2, 0.25) is 0 Å². The Kier molecular flexibility index (Phi) is 4.23. The maximum Gasteiger partial charge on any atom is 0.227 e. The van der Waals surface area contributed by atoms with Crippen LogP contribution in [0.3, 0.4) is 0 Å². The molecule has 3 heterocycles. The van der Waals surface area contributed by atoms with E-state index in [0.717, 1.165) is 60.6 Å². The van der Waals surface area contributed by atoms with Gasteiger partial charge in [0.2, 0.25) is 5.95 Å². The molecular weight excluding hydrogens is 316 g/mol. The van der Waals surface area contributed by atoms with Gasteiger partial charge in [0.05, 0.1) is 30.8 Å². The Morgan fingerprint density at radius 2 is 1.96 bits per heavy atom. The molecule has 1 N–H and O–H groups in total. The number of fused-ring (bicyclic) bond motifs is 1. The number of aromatic amines is 1. The number of rotatable bonds is 4. The summed E-state index contributed by atoms with van der Waals surface area (Å²) in [7, 11) is 2.03. The highest BCUT2D eigenvalue weighted by Gasteiger charge is 2.16. The van der Waals surface area contributed by atoms with E-state index in [0.29, 0.717) is 6.54 Å². The van der Waals surface area contributed by atoms with Crippen LogP contribution in [0.4, 0.5) is 11.8 Å². The molecule has 0 radical (unpaired) electrons. The number of aryl methyl sites for hydroxylation is 1. The number of hydrogen-bond donors (Lipinski definition) is 1. The molecule has 1 saturated heterocycles. The lowest BCUT2D eigenvalue weighted by Gasteiger charge is -2.28. The molecule has 0 spiro atoms. The van der Waals surface area contributed by atoms with Crippen molar-refractivity contribution in [3.8, 4) is 0 Å². The molecule has 0 aliphatic carbocycles. The first kappa shape index (κ1) is 15.8. The summed E-state index contributed by atoms with van der Waals surface area (Å²) >= 11 is 0. The van der Waals surface area contributed by atoms with E-state index >= 15 is 0 Å². The molecule has 7 heteroatoms. The van der Waals surface area contributed by atoms with Gasteiger partial charge < -0.3 is 19.5 Å². The Morgan fingerprint density at radius 1 is 1.16 bits per heavy atom. The highest BCUT2D eigenvalue weighted by molar-refractivity contribution is 5.74. The van der Waals surface area contributed by atoms with E-state index in [9.17, 15) is 0 Å². The second-order valence-corrected chi connectivity index (χ2v) is 6.32. The van der Waals surface area contributed by atoms with Crippen LogP contribution in [0, 0.1) is 6.92 Å². The fraction of sp³-hybridized carbons (Fsp3) is 0.389. The van der Waals surface area contributed by atoms with Gasteiger partial charge in [-0.2, -0.15) is 4.98 Å². The van der Waals surface area contributed by atoms with Crippen molar-refractivity contribution in [2.45, 2.75) is 13.5 Å². The van der Waals surface area contributed by atoms with Crippen molar-refractivity contribution in [1.29, 1.82) is 0 Å². The van der Waals surface area contributed by atoms with Gasteiger partial charge in [-0.05, 0) is 19.1 Å². The molecule has 25 heavy (non-hydrogen) atoms. The van der Waals surface area contributed by atoms with Crippen LogP contribution in [0.15, 0.2) is 30.3 Å². The van der Waals surface area contributed by atoms with Gasteiger partial charge in [-0.3, -0.25) is 0 Å². The summed E-state index contributed by atoms with van der Waals surface area (Å²) in [5.41, 5.74) is 3.00. The minimum Gasteiger partial charge on any atom is -0.378 e. The standard InChI is InChI=1S/C18H22N6O/c1-13-11-17(22-18(19-13)24-7-9-25-10-8-24)23(2)12-16-20-14-5-3-4-6-15(14)21-16/h3-6,11H,7-10,12H2,1-2H3,(H,20,21).